The van der Waals surface area contributed by atoms with E-state index in [0.29, 0.717) is 6.61 Å². The van der Waals surface area contributed by atoms with Crippen molar-refractivity contribution in [1.29, 1.82) is 0 Å². The second-order valence-electron chi connectivity index (χ2n) is 17.4. The van der Waals surface area contributed by atoms with Gasteiger partial charge in [-0.2, -0.15) is 0 Å². The van der Waals surface area contributed by atoms with Crippen molar-refractivity contribution >= 4 is 0 Å². The maximum atomic E-state index is 9.37. The highest BCUT2D eigenvalue weighted by molar-refractivity contribution is 4.81. The fourth-order valence-corrected chi connectivity index (χ4v) is 7.89. The summed E-state index contributed by atoms with van der Waals surface area (Å²) in [5.74, 6) is 5.41. The Bertz CT molecular complexity index is 679. The summed E-state index contributed by atoms with van der Waals surface area (Å²) in [6.07, 6.45) is 29.8. The molecule has 1 aliphatic heterocycles. The first-order chi connectivity index (χ1) is 22.0. The Hall–Kier alpha value is -0.120. The van der Waals surface area contributed by atoms with Gasteiger partial charge in [-0.3, -0.25) is 0 Å². The summed E-state index contributed by atoms with van der Waals surface area (Å²) < 4.78 is 13.2. The Labute approximate surface area is 290 Å². The van der Waals surface area contributed by atoms with Crippen LogP contribution in [0.3, 0.4) is 0 Å². The van der Waals surface area contributed by atoms with E-state index in [1.807, 2.05) is 0 Å². The van der Waals surface area contributed by atoms with Gasteiger partial charge in [0.2, 0.25) is 0 Å². The van der Waals surface area contributed by atoms with Crippen LogP contribution in [0.1, 0.15) is 210 Å². The second-order valence-corrected chi connectivity index (χ2v) is 17.4. The molecule has 0 aromatic rings. The molecule has 8 atom stereocenters. The summed E-state index contributed by atoms with van der Waals surface area (Å²) in [6.45, 7) is 22.7. The highest BCUT2D eigenvalue weighted by atomic mass is 16.7. The highest BCUT2D eigenvalue weighted by Crippen LogP contribution is 2.38. The number of aliphatic hydroxyl groups excluding tert-OH is 1. The van der Waals surface area contributed by atoms with Gasteiger partial charge in [0.25, 0.3) is 0 Å². The third-order valence-corrected chi connectivity index (χ3v) is 11.5. The Balaban J connectivity index is 2.37. The van der Waals surface area contributed by atoms with Gasteiger partial charge in [-0.1, -0.05) is 171 Å². The van der Waals surface area contributed by atoms with Crippen molar-refractivity contribution < 1.29 is 14.6 Å². The van der Waals surface area contributed by atoms with Gasteiger partial charge in [0.05, 0.1) is 12.7 Å². The zero-order valence-corrected chi connectivity index (χ0v) is 33.1. The lowest BCUT2D eigenvalue weighted by Crippen LogP contribution is -2.32. The van der Waals surface area contributed by atoms with E-state index in [2.05, 4.69) is 62.3 Å². The van der Waals surface area contributed by atoms with E-state index >= 15 is 0 Å². The zero-order chi connectivity index (χ0) is 34.2. The number of rotatable bonds is 31. The lowest BCUT2D eigenvalue weighted by atomic mass is 9.88. The molecule has 1 aliphatic rings. The van der Waals surface area contributed by atoms with Crippen molar-refractivity contribution in [2.45, 2.75) is 222 Å². The molecule has 46 heavy (non-hydrogen) atoms. The van der Waals surface area contributed by atoms with E-state index in [1.165, 1.54) is 122 Å². The fourth-order valence-electron chi connectivity index (χ4n) is 7.89. The molecule has 3 heteroatoms. The predicted molar refractivity (Wildman–Crippen MR) is 202 cm³/mol. The Morgan fingerprint density at radius 1 is 0.522 bits per heavy atom. The van der Waals surface area contributed by atoms with Gasteiger partial charge >= 0.3 is 0 Å². The van der Waals surface area contributed by atoms with Crippen LogP contribution in [0.2, 0.25) is 0 Å². The van der Waals surface area contributed by atoms with Crippen LogP contribution in [0.25, 0.3) is 0 Å². The van der Waals surface area contributed by atoms with Gasteiger partial charge < -0.3 is 14.6 Å². The summed E-state index contributed by atoms with van der Waals surface area (Å²) in [5, 5.41) is 9.37. The topological polar surface area (TPSA) is 38.7 Å². The molecule has 0 spiro atoms. The van der Waals surface area contributed by atoms with Gasteiger partial charge in [0.15, 0.2) is 5.79 Å². The Morgan fingerprint density at radius 3 is 1.26 bits per heavy atom. The Kier molecular flexibility index (Phi) is 25.5. The molecule has 1 rings (SSSR count). The molecule has 0 bridgehead atoms. The first-order valence-electron chi connectivity index (χ1n) is 20.9. The zero-order valence-electron chi connectivity index (χ0n) is 33.1. The van der Waals surface area contributed by atoms with Crippen LogP contribution in [-0.4, -0.2) is 30.2 Å². The van der Waals surface area contributed by atoms with Crippen LogP contribution in [0.15, 0.2) is 0 Å². The van der Waals surface area contributed by atoms with E-state index in [1.54, 1.807) is 0 Å². The van der Waals surface area contributed by atoms with Crippen molar-refractivity contribution in [3.8, 4) is 0 Å². The molecular weight excluding hydrogens is 564 g/mol. The summed E-state index contributed by atoms with van der Waals surface area (Å²) in [4.78, 5) is 0. The van der Waals surface area contributed by atoms with E-state index < -0.39 is 5.79 Å². The minimum Gasteiger partial charge on any atom is -0.396 e. The van der Waals surface area contributed by atoms with Crippen LogP contribution in [-0.2, 0) is 9.47 Å². The van der Waals surface area contributed by atoms with Crippen LogP contribution < -0.4 is 0 Å². The maximum Gasteiger partial charge on any atom is 0.168 e. The SMILES string of the molecule is CCCC(C)CCCC(C)CCCC(C)CCC1(CCC(C)CCCC(C)CCCC(C)CCCC(C)C)OCC(CCCO)O1. The summed E-state index contributed by atoms with van der Waals surface area (Å²) >= 11 is 0. The van der Waals surface area contributed by atoms with Crippen LogP contribution in [0.5, 0.6) is 0 Å². The average molecular weight is 651 g/mol. The molecule has 0 aliphatic carbocycles. The molecule has 3 nitrogen and oxygen atoms in total. The van der Waals surface area contributed by atoms with Crippen molar-refractivity contribution in [3.63, 3.8) is 0 Å². The van der Waals surface area contributed by atoms with Crippen LogP contribution >= 0.6 is 0 Å². The van der Waals surface area contributed by atoms with E-state index in [4.69, 9.17) is 9.47 Å². The quantitative estimate of drug-likeness (QED) is 0.0811. The standard InChI is InChI=1S/C43H86O3/c1-10-17-36(4)20-12-21-38(6)24-14-26-40(8)29-31-43(45-34-42(46-43)28-16-33-44)32-30-41(9)27-15-25-39(7)23-13-22-37(5)19-11-18-35(2)3/h35-42,44H,10-34H2,1-9H3. The predicted octanol–water partition coefficient (Wildman–Crippen LogP) is 13.6. The average Bonchev–Trinajstić information content (AvgIpc) is 3.41. The summed E-state index contributed by atoms with van der Waals surface area (Å²) in [5.41, 5.74) is 0. The van der Waals surface area contributed by atoms with Gasteiger partial charge in [-0.05, 0) is 67.1 Å². The molecule has 0 aromatic carbocycles. The molecule has 1 fully saturated rings. The normalized spacial score (nSPS) is 22.6. The molecule has 1 heterocycles. The van der Waals surface area contributed by atoms with Crippen molar-refractivity contribution in [3.05, 3.63) is 0 Å². The minimum absolute atomic E-state index is 0.150. The number of aliphatic hydroxyl groups is 1. The second kappa shape index (κ2) is 26.7. The molecule has 0 saturated carbocycles. The molecule has 8 unspecified atom stereocenters. The van der Waals surface area contributed by atoms with E-state index in [-0.39, 0.29) is 12.7 Å². The molecule has 0 aromatic heterocycles. The molecule has 1 N–H and O–H groups in total. The monoisotopic (exact) mass is 651 g/mol. The number of hydrogen-bond acceptors (Lipinski definition) is 3. The molecule has 0 radical (unpaired) electrons. The van der Waals surface area contributed by atoms with Gasteiger partial charge in [-0.25, -0.2) is 0 Å². The molecule has 0 amide bonds. The number of hydrogen-bond donors (Lipinski definition) is 1. The molecular formula is C43H86O3. The third kappa shape index (κ3) is 22.5. The fraction of sp³-hybridized carbons (Fsp3) is 1.00. The summed E-state index contributed by atoms with van der Waals surface area (Å²) in [6, 6.07) is 0. The summed E-state index contributed by atoms with van der Waals surface area (Å²) in [7, 11) is 0. The first-order valence-corrected chi connectivity index (χ1v) is 20.9. The Morgan fingerprint density at radius 2 is 0.891 bits per heavy atom. The molecule has 276 valence electrons. The van der Waals surface area contributed by atoms with Crippen molar-refractivity contribution in [2.75, 3.05) is 13.2 Å². The number of ether oxygens (including phenoxy) is 2. The largest absolute Gasteiger partial charge is 0.396 e. The lowest BCUT2D eigenvalue weighted by molar-refractivity contribution is -0.182. The van der Waals surface area contributed by atoms with E-state index in [0.717, 1.165) is 67.1 Å². The third-order valence-electron chi connectivity index (χ3n) is 11.5. The van der Waals surface area contributed by atoms with Crippen molar-refractivity contribution in [2.24, 2.45) is 41.4 Å². The van der Waals surface area contributed by atoms with Crippen LogP contribution in [0.4, 0.5) is 0 Å². The maximum absolute atomic E-state index is 9.37. The highest BCUT2D eigenvalue weighted by Gasteiger charge is 2.41. The van der Waals surface area contributed by atoms with Gasteiger partial charge in [-0.15, -0.1) is 0 Å². The van der Waals surface area contributed by atoms with Crippen LogP contribution in [0, 0.1) is 41.4 Å². The smallest absolute Gasteiger partial charge is 0.168 e. The molecule has 1 saturated heterocycles. The lowest BCUT2D eigenvalue weighted by Gasteiger charge is -2.31. The van der Waals surface area contributed by atoms with Gasteiger partial charge in [0, 0.05) is 19.4 Å². The van der Waals surface area contributed by atoms with Crippen molar-refractivity contribution in [1.82, 2.24) is 0 Å². The van der Waals surface area contributed by atoms with E-state index in [9.17, 15) is 5.11 Å². The first kappa shape index (κ1) is 43.9. The minimum atomic E-state index is -0.399. The van der Waals surface area contributed by atoms with Gasteiger partial charge in [0.1, 0.15) is 0 Å².